The summed E-state index contributed by atoms with van der Waals surface area (Å²) >= 11 is 0. The minimum absolute atomic E-state index is 0. The molecular formula is C21H30ClN5O. The maximum atomic E-state index is 13.1. The lowest BCUT2D eigenvalue weighted by molar-refractivity contribution is 0.0754. The van der Waals surface area contributed by atoms with Gasteiger partial charge < -0.3 is 10.2 Å². The smallest absolute Gasteiger partial charge is 0.276 e. The molecule has 3 heterocycles. The summed E-state index contributed by atoms with van der Waals surface area (Å²) in [6.45, 7) is 5.58. The summed E-state index contributed by atoms with van der Waals surface area (Å²) in [6, 6.07) is 11.0. The molecule has 0 radical (unpaired) electrons. The third kappa shape index (κ3) is 4.39. The second-order valence-corrected chi connectivity index (χ2v) is 7.78. The predicted molar refractivity (Wildman–Crippen MR) is 112 cm³/mol. The van der Waals surface area contributed by atoms with E-state index in [1.54, 1.807) is 0 Å². The molecule has 2 aromatic rings. The van der Waals surface area contributed by atoms with Gasteiger partial charge in [-0.2, -0.15) is 0 Å². The zero-order valence-electron chi connectivity index (χ0n) is 16.5. The minimum atomic E-state index is 0. The molecule has 152 valence electrons. The Balaban J connectivity index is 0.00000225. The quantitative estimate of drug-likeness (QED) is 0.853. The first-order chi connectivity index (χ1) is 13.2. The summed E-state index contributed by atoms with van der Waals surface area (Å²) in [6.07, 6.45) is 5.26. The molecule has 6 nitrogen and oxygen atoms in total. The third-order valence-corrected chi connectivity index (χ3v) is 6.07. The van der Waals surface area contributed by atoms with Gasteiger partial charge in [-0.1, -0.05) is 35.5 Å². The molecule has 0 spiro atoms. The van der Waals surface area contributed by atoms with E-state index in [1.807, 2.05) is 16.5 Å². The van der Waals surface area contributed by atoms with E-state index < -0.39 is 0 Å². The van der Waals surface area contributed by atoms with E-state index >= 15 is 0 Å². The minimum Gasteiger partial charge on any atom is -0.337 e. The predicted octanol–water partition coefficient (Wildman–Crippen LogP) is 3.34. The van der Waals surface area contributed by atoms with Gasteiger partial charge in [0.15, 0.2) is 5.69 Å². The number of carbonyl (C=O) groups excluding carboxylic acids is 1. The fourth-order valence-electron chi connectivity index (χ4n) is 4.44. The highest BCUT2D eigenvalue weighted by atomic mass is 35.5. The number of amides is 1. The van der Waals surface area contributed by atoms with Crippen LogP contribution in [0.25, 0.3) is 0 Å². The molecule has 2 aliphatic heterocycles. The van der Waals surface area contributed by atoms with Gasteiger partial charge in [0.25, 0.3) is 5.91 Å². The molecular weight excluding hydrogens is 374 g/mol. The van der Waals surface area contributed by atoms with Gasteiger partial charge in [-0.15, -0.1) is 17.5 Å². The molecule has 0 bridgehead atoms. The number of hydrogen-bond donors (Lipinski definition) is 1. The molecule has 1 aromatic carbocycles. The zero-order valence-corrected chi connectivity index (χ0v) is 17.3. The van der Waals surface area contributed by atoms with Crippen molar-refractivity contribution in [3.63, 3.8) is 0 Å². The molecule has 0 saturated carbocycles. The van der Waals surface area contributed by atoms with Crippen LogP contribution in [0.2, 0.25) is 0 Å². The second kappa shape index (κ2) is 9.52. The number of rotatable bonds is 3. The number of piperidine rings is 1. The van der Waals surface area contributed by atoms with Crippen molar-refractivity contribution in [3.05, 3.63) is 47.3 Å². The van der Waals surface area contributed by atoms with Crippen molar-refractivity contribution in [2.75, 3.05) is 26.2 Å². The molecule has 28 heavy (non-hydrogen) atoms. The molecule has 2 saturated heterocycles. The maximum absolute atomic E-state index is 13.1. The Morgan fingerprint density at radius 3 is 2.57 bits per heavy atom. The zero-order chi connectivity index (χ0) is 18.6. The molecule has 2 fully saturated rings. The molecule has 7 heteroatoms. The highest BCUT2D eigenvalue weighted by Gasteiger charge is 2.28. The van der Waals surface area contributed by atoms with E-state index in [1.165, 1.54) is 5.56 Å². The average molecular weight is 404 g/mol. The molecule has 1 unspecified atom stereocenters. The third-order valence-electron chi connectivity index (χ3n) is 6.07. The Bertz CT molecular complexity index is 772. The van der Waals surface area contributed by atoms with Crippen LogP contribution in [-0.2, 0) is 0 Å². The highest BCUT2D eigenvalue weighted by Crippen LogP contribution is 2.28. The average Bonchev–Trinajstić information content (AvgIpc) is 2.94. The van der Waals surface area contributed by atoms with Gasteiger partial charge in [-0.25, -0.2) is 4.68 Å². The summed E-state index contributed by atoms with van der Waals surface area (Å²) in [5.41, 5.74) is 2.84. The van der Waals surface area contributed by atoms with Crippen LogP contribution >= 0.6 is 12.4 Å². The lowest BCUT2D eigenvalue weighted by atomic mass is 9.92. The van der Waals surface area contributed by atoms with Gasteiger partial charge in [0.2, 0.25) is 0 Å². The molecule has 1 atom stereocenters. The number of likely N-dealkylation sites (tertiary alicyclic amines) is 1. The molecule has 1 N–H and O–H groups in total. The molecule has 4 rings (SSSR count). The normalized spacial score (nSPS) is 21.0. The Labute approximate surface area is 173 Å². The topological polar surface area (TPSA) is 63.1 Å². The van der Waals surface area contributed by atoms with Crippen LogP contribution in [0.15, 0.2) is 30.3 Å². The summed E-state index contributed by atoms with van der Waals surface area (Å²) in [5, 5.41) is 12.0. The van der Waals surface area contributed by atoms with Crippen molar-refractivity contribution in [2.45, 2.75) is 51.0 Å². The lowest BCUT2D eigenvalue weighted by Gasteiger charge is -2.24. The largest absolute Gasteiger partial charge is 0.337 e. The van der Waals surface area contributed by atoms with E-state index in [9.17, 15) is 4.79 Å². The van der Waals surface area contributed by atoms with Gasteiger partial charge in [-0.05, 0) is 63.6 Å². The van der Waals surface area contributed by atoms with Crippen molar-refractivity contribution in [2.24, 2.45) is 0 Å². The van der Waals surface area contributed by atoms with Crippen molar-refractivity contribution in [1.29, 1.82) is 0 Å². The van der Waals surface area contributed by atoms with Crippen LogP contribution in [-0.4, -0.2) is 52.0 Å². The van der Waals surface area contributed by atoms with Crippen LogP contribution in [0, 0.1) is 6.92 Å². The summed E-state index contributed by atoms with van der Waals surface area (Å²) in [7, 11) is 0. The number of hydrogen-bond acceptors (Lipinski definition) is 4. The Hall–Kier alpha value is -1.92. The SMILES string of the molecule is Cc1c(C(=O)N2CCCC(c3ccccc3)CC2)nnn1C1CCNCC1.Cl. The number of benzene rings is 1. The van der Waals surface area contributed by atoms with Crippen LogP contribution < -0.4 is 5.32 Å². The first kappa shape index (κ1) is 20.8. The summed E-state index contributed by atoms with van der Waals surface area (Å²) < 4.78 is 1.97. The van der Waals surface area contributed by atoms with E-state index in [2.05, 4.69) is 46.0 Å². The second-order valence-electron chi connectivity index (χ2n) is 7.78. The van der Waals surface area contributed by atoms with E-state index in [0.717, 1.165) is 64.0 Å². The Morgan fingerprint density at radius 2 is 1.82 bits per heavy atom. The molecule has 1 aromatic heterocycles. The highest BCUT2D eigenvalue weighted by molar-refractivity contribution is 5.93. The number of nitrogens with one attached hydrogen (secondary N) is 1. The van der Waals surface area contributed by atoms with E-state index in [0.29, 0.717) is 17.7 Å². The fourth-order valence-corrected chi connectivity index (χ4v) is 4.44. The van der Waals surface area contributed by atoms with E-state index in [-0.39, 0.29) is 18.3 Å². The van der Waals surface area contributed by atoms with Gasteiger partial charge in [0.05, 0.1) is 11.7 Å². The number of aromatic nitrogens is 3. The summed E-state index contributed by atoms with van der Waals surface area (Å²) in [5.74, 6) is 0.580. The number of halogens is 1. The van der Waals surface area contributed by atoms with Crippen molar-refractivity contribution >= 4 is 18.3 Å². The molecule has 0 aliphatic carbocycles. The fraction of sp³-hybridized carbons (Fsp3) is 0.571. The maximum Gasteiger partial charge on any atom is 0.276 e. The Kier molecular flexibility index (Phi) is 7.08. The van der Waals surface area contributed by atoms with Crippen LogP contribution in [0.1, 0.15) is 65.8 Å². The lowest BCUT2D eigenvalue weighted by Crippen LogP contribution is -2.33. The van der Waals surface area contributed by atoms with Crippen LogP contribution in [0.3, 0.4) is 0 Å². The van der Waals surface area contributed by atoms with Crippen molar-refractivity contribution in [3.8, 4) is 0 Å². The van der Waals surface area contributed by atoms with Crippen LogP contribution in [0.4, 0.5) is 0 Å². The van der Waals surface area contributed by atoms with Gasteiger partial charge >= 0.3 is 0 Å². The Morgan fingerprint density at radius 1 is 1.07 bits per heavy atom. The van der Waals surface area contributed by atoms with Crippen molar-refractivity contribution in [1.82, 2.24) is 25.2 Å². The molecule has 2 aliphatic rings. The van der Waals surface area contributed by atoms with Gasteiger partial charge in [0.1, 0.15) is 0 Å². The monoisotopic (exact) mass is 403 g/mol. The number of nitrogens with zero attached hydrogens (tertiary/aromatic N) is 4. The first-order valence-corrected chi connectivity index (χ1v) is 10.2. The molecule has 1 amide bonds. The van der Waals surface area contributed by atoms with Gasteiger partial charge in [-0.3, -0.25) is 4.79 Å². The first-order valence-electron chi connectivity index (χ1n) is 10.2. The number of carbonyl (C=O) groups is 1. The van der Waals surface area contributed by atoms with Crippen LogP contribution in [0.5, 0.6) is 0 Å². The van der Waals surface area contributed by atoms with Crippen molar-refractivity contribution < 1.29 is 4.79 Å². The standard InChI is InChI=1S/C21H29N5O.ClH/c1-16-20(23-24-26(16)19-9-12-22-13-10-19)21(27)25-14-5-8-18(11-15-25)17-6-3-2-4-7-17;/h2-4,6-7,18-19,22H,5,8-15H2,1H3;1H. The summed E-state index contributed by atoms with van der Waals surface area (Å²) in [4.78, 5) is 15.1. The van der Waals surface area contributed by atoms with E-state index in [4.69, 9.17) is 0 Å². The van der Waals surface area contributed by atoms with Gasteiger partial charge in [0, 0.05) is 13.1 Å².